The molecule has 0 radical (unpaired) electrons. The van der Waals surface area contributed by atoms with Crippen molar-refractivity contribution in [2.75, 3.05) is 19.5 Å². The van der Waals surface area contributed by atoms with Crippen molar-refractivity contribution in [2.24, 2.45) is 0 Å². The molecule has 0 saturated heterocycles. The molecule has 128 valence electrons. The third kappa shape index (κ3) is 4.19. The van der Waals surface area contributed by atoms with Crippen molar-refractivity contribution in [2.45, 2.75) is 26.9 Å². The van der Waals surface area contributed by atoms with Crippen LogP contribution in [0.2, 0.25) is 0 Å². The topological polar surface area (TPSA) is 56.8 Å². The molecular weight excluding hydrogens is 306 g/mol. The lowest BCUT2D eigenvalue weighted by Crippen LogP contribution is -2.30. The molecule has 0 fully saturated rings. The van der Waals surface area contributed by atoms with Gasteiger partial charge in [-0.25, -0.2) is 0 Å². The largest absolute Gasteiger partial charge is 0.493 e. The second-order valence-electron chi connectivity index (χ2n) is 5.58. The van der Waals surface area contributed by atoms with Crippen molar-refractivity contribution in [3.05, 3.63) is 47.5 Å². The summed E-state index contributed by atoms with van der Waals surface area (Å²) in [6.07, 6.45) is -0.625. The second kappa shape index (κ2) is 7.73. The molecule has 1 amide bonds. The van der Waals surface area contributed by atoms with Gasteiger partial charge in [-0.2, -0.15) is 0 Å². The van der Waals surface area contributed by atoms with Crippen molar-refractivity contribution in [1.82, 2.24) is 0 Å². The maximum Gasteiger partial charge on any atom is 0.265 e. The smallest absolute Gasteiger partial charge is 0.265 e. The van der Waals surface area contributed by atoms with Crippen LogP contribution in [0.5, 0.6) is 17.2 Å². The number of ether oxygens (including phenoxy) is 3. The maximum absolute atomic E-state index is 12.4. The average molecular weight is 329 g/mol. The summed E-state index contributed by atoms with van der Waals surface area (Å²) in [5.74, 6) is 1.61. The minimum atomic E-state index is -0.625. The van der Waals surface area contributed by atoms with Gasteiger partial charge >= 0.3 is 0 Å². The van der Waals surface area contributed by atoms with E-state index in [2.05, 4.69) is 5.32 Å². The lowest BCUT2D eigenvalue weighted by atomic mass is 10.1. The zero-order chi connectivity index (χ0) is 17.7. The number of hydrogen-bond donors (Lipinski definition) is 1. The number of benzene rings is 2. The first-order valence-corrected chi connectivity index (χ1v) is 7.71. The summed E-state index contributed by atoms with van der Waals surface area (Å²) in [5.41, 5.74) is 2.68. The van der Waals surface area contributed by atoms with Gasteiger partial charge in [0.15, 0.2) is 17.6 Å². The molecule has 1 unspecified atom stereocenters. The van der Waals surface area contributed by atoms with E-state index in [9.17, 15) is 4.79 Å². The number of aryl methyl sites for hydroxylation is 2. The third-order valence-corrected chi connectivity index (χ3v) is 3.69. The van der Waals surface area contributed by atoms with Crippen LogP contribution in [-0.4, -0.2) is 26.2 Å². The van der Waals surface area contributed by atoms with E-state index in [1.54, 1.807) is 27.2 Å². The molecule has 0 heterocycles. The Balaban J connectivity index is 2.09. The van der Waals surface area contributed by atoms with E-state index >= 15 is 0 Å². The Kier molecular flexibility index (Phi) is 5.68. The van der Waals surface area contributed by atoms with Gasteiger partial charge < -0.3 is 19.5 Å². The van der Waals surface area contributed by atoms with Gasteiger partial charge in [0, 0.05) is 11.8 Å². The molecule has 0 saturated carbocycles. The summed E-state index contributed by atoms with van der Waals surface area (Å²) in [5, 5.41) is 2.87. The fraction of sp³-hybridized carbons (Fsp3) is 0.316. The number of methoxy groups -OCH3 is 2. The number of carbonyl (C=O) groups is 1. The predicted octanol–water partition coefficient (Wildman–Crippen LogP) is 3.73. The Morgan fingerprint density at radius 3 is 2.17 bits per heavy atom. The first kappa shape index (κ1) is 17.7. The van der Waals surface area contributed by atoms with Crippen LogP contribution in [0.3, 0.4) is 0 Å². The maximum atomic E-state index is 12.4. The first-order valence-electron chi connectivity index (χ1n) is 7.71. The molecule has 0 aliphatic heterocycles. The number of hydrogen-bond acceptors (Lipinski definition) is 4. The van der Waals surface area contributed by atoms with Crippen LogP contribution in [0.4, 0.5) is 5.69 Å². The highest BCUT2D eigenvalue weighted by molar-refractivity contribution is 5.95. The third-order valence-electron chi connectivity index (χ3n) is 3.69. The molecule has 1 atom stereocenters. The molecule has 0 aromatic heterocycles. The molecule has 24 heavy (non-hydrogen) atoms. The summed E-state index contributed by atoms with van der Waals surface area (Å²) in [4.78, 5) is 12.4. The minimum Gasteiger partial charge on any atom is -0.493 e. The minimum absolute atomic E-state index is 0.231. The molecule has 5 heteroatoms. The van der Waals surface area contributed by atoms with Crippen LogP contribution in [0.1, 0.15) is 18.1 Å². The quantitative estimate of drug-likeness (QED) is 0.877. The van der Waals surface area contributed by atoms with E-state index in [-0.39, 0.29) is 5.91 Å². The molecule has 0 bridgehead atoms. The van der Waals surface area contributed by atoms with Crippen LogP contribution in [0, 0.1) is 13.8 Å². The summed E-state index contributed by atoms with van der Waals surface area (Å²) in [6.45, 7) is 5.61. The highest BCUT2D eigenvalue weighted by Gasteiger charge is 2.17. The monoisotopic (exact) mass is 329 g/mol. The second-order valence-corrected chi connectivity index (χ2v) is 5.58. The highest BCUT2D eigenvalue weighted by Crippen LogP contribution is 2.33. The van der Waals surface area contributed by atoms with E-state index < -0.39 is 6.10 Å². The Morgan fingerprint density at radius 2 is 1.58 bits per heavy atom. The van der Waals surface area contributed by atoms with Crippen LogP contribution in [0.25, 0.3) is 0 Å². The standard InChI is InChI=1S/C19H23NO4/c1-12-6-8-15(9-7-12)24-14(3)19(21)20-16-11-18(23-5)17(22-4)10-13(16)2/h6-11,14H,1-5H3,(H,20,21). The van der Waals surface area contributed by atoms with Crippen molar-refractivity contribution < 1.29 is 19.0 Å². The van der Waals surface area contributed by atoms with E-state index in [0.29, 0.717) is 22.9 Å². The van der Waals surface area contributed by atoms with Gasteiger partial charge in [-0.1, -0.05) is 17.7 Å². The molecule has 2 aromatic rings. The molecule has 2 aromatic carbocycles. The van der Waals surface area contributed by atoms with Crippen molar-refractivity contribution in [3.8, 4) is 17.2 Å². The van der Waals surface area contributed by atoms with Gasteiger partial charge in [0.25, 0.3) is 5.91 Å². The summed E-state index contributed by atoms with van der Waals surface area (Å²) in [6, 6.07) is 11.1. The van der Waals surface area contributed by atoms with E-state index in [1.807, 2.05) is 44.2 Å². The van der Waals surface area contributed by atoms with Gasteiger partial charge in [-0.3, -0.25) is 4.79 Å². The zero-order valence-electron chi connectivity index (χ0n) is 14.7. The summed E-state index contributed by atoms with van der Waals surface area (Å²) in [7, 11) is 3.13. The van der Waals surface area contributed by atoms with Crippen LogP contribution in [-0.2, 0) is 4.79 Å². The van der Waals surface area contributed by atoms with Gasteiger partial charge in [-0.05, 0) is 44.5 Å². The number of nitrogens with one attached hydrogen (secondary N) is 1. The Morgan fingerprint density at radius 1 is 1.00 bits per heavy atom. The molecule has 0 spiro atoms. The number of amides is 1. The average Bonchev–Trinajstić information content (AvgIpc) is 2.58. The predicted molar refractivity (Wildman–Crippen MR) is 94.2 cm³/mol. The van der Waals surface area contributed by atoms with Crippen LogP contribution < -0.4 is 19.5 Å². The normalized spacial score (nSPS) is 11.5. The Labute approximate surface area is 142 Å². The fourth-order valence-electron chi connectivity index (χ4n) is 2.22. The van der Waals surface area contributed by atoms with Gasteiger partial charge in [0.2, 0.25) is 0 Å². The molecular formula is C19H23NO4. The SMILES string of the molecule is COc1cc(C)c(NC(=O)C(C)Oc2ccc(C)cc2)cc1OC. The highest BCUT2D eigenvalue weighted by atomic mass is 16.5. The molecule has 1 N–H and O–H groups in total. The lowest BCUT2D eigenvalue weighted by Gasteiger charge is -2.17. The van der Waals surface area contributed by atoms with Crippen molar-refractivity contribution in [3.63, 3.8) is 0 Å². The Bertz CT molecular complexity index is 710. The lowest BCUT2D eigenvalue weighted by molar-refractivity contribution is -0.122. The number of rotatable bonds is 6. The molecule has 5 nitrogen and oxygen atoms in total. The van der Waals surface area contributed by atoms with Crippen molar-refractivity contribution in [1.29, 1.82) is 0 Å². The molecule has 2 rings (SSSR count). The van der Waals surface area contributed by atoms with Gasteiger partial charge in [0.05, 0.1) is 14.2 Å². The number of carbonyl (C=O) groups excluding carboxylic acids is 1. The van der Waals surface area contributed by atoms with E-state index in [0.717, 1.165) is 11.1 Å². The van der Waals surface area contributed by atoms with Gasteiger partial charge in [0.1, 0.15) is 5.75 Å². The zero-order valence-corrected chi connectivity index (χ0v) is 14.7. The summed E-state index contributed by atoms with van der Waals surface area (Å²) >= 11 is 0. The Hall–Kier alpha value is -2.69. The number of anilines is 1. The fourth-order valence-corrected chi connectivity index (χ4v) is 2.22. The summed E-state index contributed by atoms with van der Waals surface area (Å²) < 4.78 is 16.2. The van der Waals surface area contributed by atoms with Crippen molar-refractivity contribution >= 4 is 11.6 Å². The van der Waals surface area contributed by atoms with E-state index in [1.165, 1.54) is 0 Å². The molecule has 0 aliphatic carbocycles. The first-order chi connectivity index (χ1) is 11.4. The van der Waals surface area contributed by atoms with Gasteiger partial charge in [-0.15, -0.1) is 0 Å². The van der Waals surface area contributed by atoms with Crippen LogP contribution in [0.15, 0.2) is 36.4 Å². The van der Waals surface area contributed by atoms with Crippen LogP contribution >= 0.6 is 0 Å². The molecule has 0 aliphatic rings. The van der Waals surface area contributed by atoms with E-state index in [4.69, 9.17) is 14.2 Å².